The topological polar surface area (TPSA) is 66.6 Å². The van der Waals surface area contributed by atoms with Crippen LogP contribution in [-0.2, 0) is 0 Å². The fraction of sp³-hybridized carbons (Fsp3) is 0.600. The van der Waals surface area contributed by atoms with E-state index in [1.54, 1.807) is 0 Å². The number of piperidine rings is 1. The summed E-state index contributed by atoms with van der Waals surface area (Å²) in [6.07, 6.45) is 3.37. The van der Waals surface area contributed by atoms with Crippen LogP contribution in [0.15, 0.2) is 24.3 Å². The molecule has 1 fully saturated rings. The van der Waals surface area contributed by atoms with Gasteiger partial charge in [0.05, 0.1) is 0 Å². The molecule has 0 aromatic heterocycles. The lowest BCUT2D eigenvalue weighted by atomic mass is 9.90. The second kappa shape index (κ2) is 7.61. The van der Waals surface area contributed by atoms with Crippen LogP contribution in [0.25, 0.3) is 0 Å². The van der Waals surface area contributed by atoms with E-state index >= 15 is 0 Å². The normalized spacial score (nSPS) is 17.7. The van der Waals surface area contributed by atoms with E-state index in [-0.39, 0.29) is 11.5 Å². The summed E-state index contributed by atoms with van der Waals surface area (Å²) in [4.78, 5) is 12.6. The van der Waals surface area contributed by atoms with E-state index in [9.17, 15) is 10.1 Å². The Balaban J connectivity index is 1.78. The highest BCUT2D eigenvalue weighted by atomic mass is 35.5. The van der Waals surface area contributed by atoms with Crippen LogP contribution in [0, 0.1) is 16.0 Å². The quantitative estimate of drug-likeness (QED) is 0.648. The molecule has 2 rings (SSSR count). The van der Waals surface area contributed by atoms with E-state index in [0.717, 1.165) is 37.4 Å². The number of hydrogen-bond donors (Lipinski definition) is 1. The van der Waals surface area contributed by atoms with E-state index < -0.39 is 6.04 Å². The fourth-order valence-electron chi connectivity index (χ4n) is 2.82. The van der Waals surface area contributed by atoms with Gasteiger partial charge in [-0.3, -0.25) is 10.1 Å². The summed E-state index contributed by atoms with van der Waals surface area (Å²) in [5.41, 5.74) is 1.18. The van der Waals surface area contributed by atoms with Crippen LogP contribution >= 0.6 is 11.6 Å². The van der Waals surface area contributed by atoms with Crippen molar-refractivity contribution in [2.24, 2.45) is 5.92 Å². The molecule has 1 aromatic carbocycles. The van der Waals surface area contributed by atoms with E-state index in [0.29, 0.717) is 12.3 Å². The second-order valence-electron chi connectivity index (χ2n) is 5.61. The highest BCUT2D eigenvalue weighted by molar-refractivity contribution is 6.30. The molecule has 1 aliphatic heterocycles. The maximum Gasteiger partial charge on any atom is 0.235 e. The van der Waals surface area contributed by atoms with Crippen molar-refractivity contribution in [3.63, 3.8) is 0 Å². The minimum absolute atomic E-state index is 0.364. The molecule has 5 nitrogen and oxygen atoms in total. The van der Waals surface area contributed by atoms with Gasteiger partial charge in [-0.15, -0.1) is 0 Å². The molecule has 1 saturated heterocycles. The first-order chi connectivity index (χ1) is 10.1. The van der Waals surface area contributed by atoms with Gasteiger partial charge in [-0.1, -0.05) is 11.6 Å². The number of anilines is 1. The Hall–Kier alpha value is -1.33. The van der Waals surface area contributed by atoms with Crippen LogP contribution in [0.3, 0.4) is 0 Å². The SMILES string of the molecule is O=[N+]([O-])C(CO)CCC1CCN(c2ccc(Cl)cc2)CC1. The monoisotopic (exact) mass is 312 g/mol. The third-order valence-corrected chi connectivity index (χ3v) is 4.48. The number of rotatable bonds is 6. The summed E-state index contributed by atoms with van der Waals surface area (Å²) >= 11 is 5.89. The summed E-state index contributed by atoms with van der Waals surface area (Å²) in [5, 5.41) is 20.4. The van der Waals surface area contributed by atoms with Gasteiger partial charge < -0.3 is 10.0 Å². The second-order valence-corrected chi connectivity index (χ2v) is 6.04. The first kappa shape index (κ1) is 16.0. The highest BCUT2D eigenvalue weighted by Gasteiger charge is 2.24. The van der Waals surface area contributed by atoms with E-state index in [1.165, 1.54) is 5.69 Å². The van der Waals surface area contributed by atoms with Crippen molar-refractivity contribution in [2.75, 3.05) is 24.6 Å². The Morgan fingerprint density at radius 3 is 2.48 bits per heavy atom. The minimum atomic E-state index is -0.806. The third kappa shape index (κ3) is 4.58. The van der Waals surface area contributed by atoms with Crippen molar-refractivity contribution in [2.45, 2.75) is 31.7 Å². The van der Waals surface area contributed by atoms with Gasteiger partial charge in [0.1, 0.15) is 6.61 Å². The number of benzene rings is 1. The Morgan fingerprint density at radius 1 is 1.33 bits per heavy atom. The van der Waals surface area contributed by atoms with Gasteiger partial charge in [-0.05, 0) is 49.4 Å². The average Bonchev–Trinajstić information content (AvgIpc) is 2.49. The Bertz CT molecular complexity index is 458. The lowest BCUT2D eigenvalue weighted by Crippen LogP contribution is -2.34. The molecule has 1 atom stereocenters. The van der Waals surface area contributed by atoms with Crippen LogP contribution in [0.1, 0.15) is 25.7 Å². The number of aliphatic hydroxyl groups is 1. The molecule has 21 heavy (non-hydrogen) atoms. The molecule has 1 heterocycles. The first-order valence-corrected chi connectivity index (χ1v) is 7.73. The van der Waals surface area contributed by atoms with Crippen LogP contribution in [0.5, 0.6) is 0 Å². The number of nitro groups is 1. The lowest BCUT2D eigenvalue weighted by molar-refractivity contribution is -0.527. The Kier molecular flexibility index (Phi) is 5.82. The van der Waals surface area contributed by atoms with Crippen LogP contribution in [0.4, 0.5) is 5.69 Å². The molecular formula is C15H21ClN2O3. The molecular weight excluding hydrogens is 292 g/mol. The molecule has 116 valence electrons. The van der Waals surface area contributed by atoms with Crippen molar-refractivity contribution in [3.8, 4) is 0 Å². The summed E-state index contributed by atoms with van der Waals surface area (Å²) in [7, 11) is 0. The predicted molar refractivity (Wildman–Crippen MR) is 83.5 cm³/mol. The minimum Gasteiger partial charge on any atom is -0.389 e. The number of hydrogen-bond acceptors (Lipinski definition) is 4. The third-order valence-electron chi connectivity index (χ3n) is 4.22. The summed E-state index contributed by atoms with van der Waals surface area (Å²) in [6.45, 7) is 1.57. The van der Waals surface area contributed by atoms with Gasteiger partial charge >= 0.3 is 0 Å². The smallest absolute Gasteiger partial charge is 0.235 e. The van der Waals surface area contributed by atoms with Crippen molar-refractivity contribution < 1.29 is 10.0 Å². The zero-order valence-corrected chi connectivity index (χ0v) is 12.7. The molecule has 1 aromatic rings. The Morgan fingerprint density at radius 2 is 1.95 bits per heavy atom. The number of halogens is 1. The highest BCUT2D eigenvalue weighted by Crippen LogP contribution is 2.27. The zero-order chi connectivity index (χ0) is 15.2. The summed E-state index contributed by atoms with van der Waals surface area (Å²) < 4.78 is 0. The van der Waals surface area contributed by atoms with Crippen molar-refractivity contribution in [1.29, 1.82) is 0 Å². The van der Waals surface area contributed by atoms with E-state index in [4.69, 9.17) is 16.7 Å². The van der Waals surface area contributed by atoms with Gasteiger partial charge in [0, 0.05) is 35.1 Å². The molecule has 0 amide bonds. The van der Waals surface area contributed by atoms with Crippen molar-refractivity contribution in [1.82, 2.24) is 0 Å². The Labute approximate surface area is 129 Å². The van der Waals surface area contributed by atoms with Crippen molar-refractivity contribution in [3.05, 3.63) is 39.4 Å². The molecule has 1 aliphatic rings. The van der Waals surface area contributed by atoms with E-state index in [1.807, 2.05) is 24.3 Å². The van der Waals surface area contributed by atoms with Gasteiger partial charge in [0.15, 0.2) is 0 Å². The molecule has 1 unspecified atom stereocenters. The van der Waals surface area contributed by atoms with Gasteiger partial charge in [0.25, 0.3) is 0 Å². The van der Waals surface area contributed by atoms with Crippen LogP contribution in [-0.4, -0.2) is 35.8 Å². The molecule has 0 spiro atoms. The average molecular weight is 313 g/mol. The number of nitrogens with zero attached hydrogens (tertiary/aromatic N) is 2. The standard InChI is InChI=1S/C15H21ClN2O3/c16-13-2-5-14(6-3-13)17-9-7-12(8-10-17)1-4-15(11-19)18(20)21/h2-3,5-6,12,15,19H,1,4,7-11H2. The number of aliphatic hydroxyl groups excluding tert-OH is 1. The molecule has 1 N–H and O–H groups in total. The van der Waals surface area contributed by atoms with Crippen LogP contribution < -0.4 is 4.90 Å². The molecule has 6 heteroatoms. The molecule has 0 bridgehead atoms. The largest absolute Gasteiger partial charge is 0.389 e. The fourth-order valence-corrected chi connectivity index (χ4v) is 2.95. The van der Waals surface area contributed by atoms with Gasteiger partial charge in [-0.25, -0.2) is 0 Å². The first-order valence-electron chi connectivity index (χ1n) is 7.35. The van der Waals surface area contributed by atoms with Gasteiger partial charge in [-0.2, -0.15) is 0 Å². The lowest BCUT2D eigenvalue weighted by Gasteiger charge is -2.33. The molecule has 0 saturated carbocycles. The van der Waals surface area contributed by atoms with Gasteiger partial charge in [0.2, 0.25) is 6.04 Å². The molecule has 0 radical (unpaired) electrons. The van der Waals surface area contributed by atoms with Crippen molar-refractivity contribution >= 4 is 17.3 Å². The van der Waals surface area contributed by atoms with E-state index in [2.05, 4.69) is 4.90 Å². The summed E-state index contributed by atoms with van der Waals surface area (Å²) in [6, 6.07) is 7.03. The molecule has 0 aliphatic carbocycles. The summed E-state index contributed by atoms with van der Waals surface area (Å²) in [5.74, 6) is 0.516. The predicted octanol–water partition coefficient (Wildman–Crippen LogP) is 2.97. The maximum absolute atomic E-state index is 10.7. The zero-order valence-electron chi connectivity index (χ0n) is 11.9. The van der Waals surface area contributed by atoms with Crippen LogP contribution in [0.2, 0.25) is 5.02 Å². The maximum atomic E-state index is 10.7.